The summed E-state index contributed by atoms with van der Waals surface area (Å²) < 4.78 is 5.05. The Morgan fingerprint density at radius 3 is 2.67 bits per heavy atom. The van der Waals surface area contributed by atoms with E-state index in [9.17, 15) is 14.4 Å². The number of carbonyl (C=O) groups is 3. The van der Waals surface area contributed by atoms with Crippen molar-refractivity contribution in [3.8, 4) is 5.75 Å². The fourth-order valence-electron chi connectivity index (χ4n) is 1.60. The summed E-state index contributed by atoms with van der Waals surface area (Å²) in [5, 5.41) is 13.7. The molecule has 1 aromatic carbocycles. The summed E-state index contributed by atoms with van der Waals surface area (Å²) in [6.07, 6.45) is 0. The van der Waals surface area contributed by atoms with Gasteiger partial charge >= 0.3 is 5.97 Å². The van der Waals surface area contributed by atoms with Crippen LogP contribution in [0, 0.1) is 0 Å². The van der Waals surface area contributed by atoms with Crippen LogP contribution in [0.5, 0.6) is 5.75 Å². The highest BCUT2D eigenvalue weighted by Crippen LogP contribution is 2.13. The standard InChI is InChI=1S/C14H18N2O5/c1-9(16-10(2)17)14(20)15-7-11-4-3-5-12(6-11)21-8-13(18)19/h3-6,9H,7-8H2,1-2H3,(H,15,20)(H,16,17)(H,18,19). The molecule has 1 rings (SSSR count). The average molecular weight is 294 g/mol. The Bertz CT molecular complexity index is 530. The Labute approximate surface area is 122 Å². The number of hydrogen-bond acceptors (Lipinski definition) is 4. The molecule has 3 N–H and O–H groups in total. The summed E-state index contributed by atoms with van der Waals surface area (Å²) in [7, 11) is 0. The topological polar surface area (TPSA) is 105 Å². The van der Waals surface area contributed by atoms with E-state index in [1.54, 1.807) is 31.2 Å². The molecule has 0 bridgehead atoms. The molecular weight excluding hydrogens is 276 g/mol. The van der Waals surface area contributed by atoms with E-state index < -0.39 is 18.6 Å². The molecule has 2 amide bonds. The number of carboxylic acids is 1. The molecule has 0 spiro atoms. The molecule has 1 atom stereocenters. The van der Waals surface area contributed by atoms with E-state index in [-0.39, 0.29) is 18.4 Å². The largest absolute Gasteiger partial charge is 0.482 e. The summed E-state index contributed by atoms with van der Waals surface area (Å²) in [6.45, 7) is 2.76. The van der Waals surface area contributed by atoms with Gasteiger partial charge in [-0.1, -0.05) is 12.1 Å². The summed E-state index contributed by atoms with van der Waals surface area (Å²) in [6, 6.07) is 6.14. The quantitative estimate of drug-likeness (QED) is 0.670. The second-order valence-corrected chi connectivity index (χ2v) is 4.47. The Hall–Kier alpha value is -2.57. The monoisotopic (exact) mass is 294 g/mol. The second-order valence-electron chi connectivity index (χ2n) is 4.47. The van der Waals surface area contributed by atoms with Crippen LogP contribution in [0.1, 0.15) is 19.4 Å². The maximum Gasteiger partial charge on any atom is 0.341 e. The third-order valence-corrected chi connectivity index (χ3v) is 2.54. The van der Waals surface area contributed by atoms with Crippen LogP contribution in [0.3, 0.4) is 0 Å². The van der Waals surface area contributed by atoms with E-state index in [2.05, 4.69) is 10.6 Å². The number of aliphatic carboxylic acids is 1. The van der Waals surface area contributed by atoms with E-state index in [1.807, 2.05) is 0 Å². The summed E-state index contributed by atoms with van der Waals surface area (Å²) >= 11 is 0. The minimum Gasteiger partial charge on any atom is -0.482 e. The van der Waals surface area contributed by atoms with Crippen LogP contribution in [-0.4, -0.2) is 35.5 Å². The van der Waals surface area contributed by atoms with Gasteiger partial charge in [0.15, 0.2) is 6.61 Å². The molecule has 1 unspecified atom stereocenters. The van der Waals surface area contributed by atoms with Crippen molar-refractivity contribution < 1.29 is 24.2 Å². The summed E-state index contributed by atoms with van der Waals surface area (Å²) in [4.78, 5) is 33.0. The Balaban J connectivity index is 2.51. The van der Waals surface area contributed by atoms with Crippen molar-refractivity contribution in [1.82, 2.24) is 10.6 Å². The zero-order chi connectivity index (χ0) is 15.8. The predicted molar refractivity (Wildman–Crippen MR) is 74.7 cm³/mol. The van der Waals surface area contributed by atoms with Gasteiger partial charge in [0.25, 0.3) is 0 Å². The molecule has 0 aliphatic rings. The molecule has 0 saturated carbocycles. The number of carbonyl (C=O) groups excluding carboxylic acids is 2. The SMILES string of the molecule is CC(=O)NC(C)C(=O)NCc1cccc(OCC(=O)O)c1. The molecule has 0 aromatic heterocycles. The molecule has 0 radical (unpaired) electrons. The number of benzene rings is 1. The lowest BCUT2D eigenvalue weighted by Crippen LogP contribution is -2.43. The van der Waals surface area contributed by atoms with Crippen molar-refractivity contribution in [2.45, 2.75) is 26.4 Å². The number of carboxylic acid groups (broad SMARTS) is 1. The molecule has 7 heteroatoms. The zero-order valence-corrected chi connectivity index (χ0v) is 11.9. The van der Waals surface area contributed by atoms with Crippen LogP contribution < -0.4 is 15.4 Å². The third kappa shape index (κ3) is 6.42. The van der Waals surface area contributed by atoms with Crippen molar-refractivity contribution in [3.63, 3.8) is 0 Å². The van der Waals surface area contributed by atoms with Gasteiger partial charge in [-0.15, -0.1) is 0 Å². The Morgan fingerprint density at radius 2 is 2.05 bits per heavy atom. The van der Waals surface area contributed by atoms with Crippen molar-refractivity contribution in [2.75, 3.05) is 6.61 Å². The molecule has 0 heterocycles. The fourth-order valence-corrected chi connectivity index (χ4v) is 1.60. The molecule has 0 aliphatic heterocycles. The zero-order valence-electron chi connectivity index (χ0n) is 11.9. The number of amides is 2. The van der Waals surface area contributed by atoms with Crippen LogP contribution in [-0.2, 0) is 20.9 Å². The highest BCUT2D eigenvalue weighted by molar-refractivity contribution is 5.86. The van der Waals surface area contributed by atoms with E-state index >= 15 is 0 Å². The first-order valence-electron chi connectivity index (χ1n) is 6.37. The van der Waals surface area contributed by atoms with Gasteiger partial charge in [-0.25, -0.2) is 4.79 Å². The van der Waals surface area contributed by atoms with Gasteiger partial charge in [0, 0.05) is 13.5 Å². The molecular formula is C14H18N2O5. The summed E-state index contributed by atoms with van der Waals surface area (Å²) in [5.74, 6) is -1.22. The van der Waals surface area contributed by atoms with E-state index in [1.165, 1.54) is 6.92 Å². The average Bonchev–Trinajstić information content (AvgIpc) is 2.42. The van der Waals surface area contributed by atoms with E-state index in [0.29, 0.717) is 5.75 Å². The van der Waals surface area contributed by atoms with Crippen molar-refractivity contribution in [2.24, 2.45) is 0 Å². The van der Waals surface area contributed by atoms with Crippen molar-refractivity contribution >= 4 is 17.8 Å². The molecule has 1 aromatic rings. The van der Waals surface area contributed by atoms with Crippen molar-refractivity contribution in [1.29, 1.82) is 0 Å². The maximum absolute atomic E-state index is 11.7. The van der Waals surface area contributed by atoms with Crippen LogP contribution in [0.4, 0.5) is 0 Å². The lowest BCUT2D eigenvalue weighted by molar-refractivity contribution is -0.139. The van der Waals surface area contributed by atoms with Gasteiger partial charge in [0.05, 0.1) is 0 Å². The van der Waals surface area contributed by atoms with Crippen molar-refractivity contribution in [3.05, 3.63) is 29.8 Å². The predicted octanol–water partition coefficient (Wildman–Crippen LogP) is 0.291. The minimum absolute atomic E-state index is 0.257. The summed E-state index contributed by atoms with van der Waals surface area (Å²) in [5.41, 5.74) is 0.765. The van der Waals surface area contributed by atoms with Gasteiger partial charge in [-0.05, 0) is 24.6 Å². The second kappa shape index (κ2) is 7.88. The minimum atomic E-state index is -1.06. The first kappa shape index (κ1) is 16.5. The first-order chi connectivity index (χ1) is 9.88. The molecule has 0 fully saturated rings. The maximum atomic E-state index is 11.7. The van der Waals surface area contributed by atoms with Gasteiger partial charge in [0.2, 0.25) is 11.8 Å². The van der Waals surface area contributed by atoms with Gasteiger partial charge in [0.1, 0.15) is 11.8 Å². The Morgan fingerprint density at radius 1 is 1.33 bits per heavy atom. The normalized spacial score (nSPS) is 11.3. The molecule has 114 valence electrons. The highest BCUT2D eigenvalue weighted by atomic mass is 16.5. The molecule has 0 saturated heterocycles. The number of rotatable bonds is 7. The number of hydrogen-bond donors (Lipinski definition) is 3. The van der Waals surface area contributed by atoms with Crippen LogP contribution in [0.2, 0.25) is 0 Å². The van der Waals surface area contributed by atoms with Gasteiger partial charge in [-0.3, -0.25) is 9.59 Å². The molecule has 0 aliphatic carbocycles. The lowest BCUT2D eigenvalue weighted by Gasteiger charge is -2.13. The van der Waals surface area contributed by atoms with Crippen LogP contribution in [0.25, 0.3) is 0 Å². The smallest absolute Gasteiger partial charge is 0.341 e. The highest BCUT2D eigenvalue weighted by Gasteiger charge is 2.12. The van der Waals surface area contributed by atoms with E-state index in [4.69, 9.17) is 9.84 Å². The lowest BCUT2D eigenvalue weighted by atomic mass is 10.2. The van der Waals surface area contributed by atoms with E-state index in [0.717, 1.165) is 5.56 Å². The molecule has 7 nitrogen and oxygen atoms in total. The van der Waals surface area contributed by atoms with Gasteiger partial charge < -0.3 is 20.5 Å². The third-order valence-electron chi connectivity index (χ3n) is 2.54. The van der Waals surface area contributed by atoms with Crippen LogP contribution in [0.15, 0.2) is 24.3 Å². The van der Waals surface area contributed by atoms with Crippen LogP contribution >= 0.6 is 0 Å². The first-order valence-corrected chi connectivity index (χ1v) is 6.37. The number of ether oxygens (including phenoxy) is 1. The number of nitrogens with one attached hydrogen (secondary N) is 2. The Kier molecular flexibility index (Phi) is 6.19. The fraction of sp³-hybridized carbons (Fsp3) is 0.357. The van der Waals surface area contributed by atoms with Gasteiger partial charge in [-0.2, -0.15) is 0 Å². The molecule has 21 heavy (non-hydrogen) atoms.